The van der Waals surface area contributed by atoms with Crippen molar-refractivity contribution in [2.24, 2.45) is 23.7 Å². The van der Waals surface area contributed by atoms with E-state index in [1.165, 1.54) is 12.8 Å². The van der Waals surface area contributed by atoms with Crippen molar-refractivity contribution < 1.29 is 4.74 Å². The van der Waals surface area contributed by atoms with E-state index in [-0.39, 0.29) is 0 Å². The Morgan fingerprint density at radius 1 is 1.13 bits per heavy atom. The maximum Gasteiger partial charge on any atom is 0.0693 e. The van der Waals surface area contributed by atoms with Crippen LogP contribution in [0.2, 0.25) is 0 Å². The second-order valence-corrected chi connectivity index (χ2v) is 5.91. The average Bonchev–Trinajstić information content (AvgIpc) is 2.66. The van der Waals surface area contributed by atoms with Crippen LogP contribution in [0.5, 0.6) is 0 Å². The summed E-state index contributed by atoms with van der Waals surface area (Å²) in [6.45, 7) is 4.41. The largest absolute Gasteiger partial charge is 0.380 e. The average molecular weight is 209 g/mol. The summed E-state index contributed by atoms with van der Waals surface area (Å²) < 4.78 is 5.37. The fraction of sp³-hybridized carbons (Fsp3) is 1.00. The molecule has 0 saturated heterocycles. The number of nitrogens with one attached hydrogen (secondary N) is 1. The van der Waals surface area contributed by atoms with Crippen LogP contribution in [0.1, 0.15) is 33.1 Å². The third-order valence-corrected chi connectivity index (χ3v) is 5.27. The van der Waals surface area contributed by atoms with Gasteiger partial charge in [0.1, 0.15) is 0 Å². The lowest BCUT2D eigenvalue weighted by molar-refractivity contribution is 0.0864. The first-order chi connectivity index (χ1) is 7.22. The molecule has 0 spiro atoms. The number of fused-ring (bicyclic) bond motifs is 5. The van der Waals surface area contributed by atoms with Crippen molar-refractivity contribution >= 4 is 0 Å². The molecule has 3 rings (SSSR count). The molecule has 6 unspecified atom stereocenters. The predicted octanol–water partition coefficient (Wildman–Crippen LogP) is 2.04. The van der Waals surface area contributed by atoms with Gasteiger partial charge in [-0.15, -0.1) is 0 Å². The molecule has 2 bridgehead atoms. The van der Waals surface area contributed by atoms with Crippen LogP contribution in [0, 0.1) is 23.7 Å². The lowest BCUT2D eigenvalue weighted by atomic mass is 10.0. The van der Waals surface area contributed by atoms with Crippen molar-refractivity contribution in [2.45, 2.75) is 51.3 Å². The predicted molar refractivity (Wildman–Crippen MR) is 60.7 cm³/mol. The van der Waals surface area contributed by atoms with E-state index in [0.717, 1.165) is 29.7 Å². The van der Waals surface area contributed by atoms with Crippen LogP contribution in [0.15, 0.2) is 0 Å². The van der Waals surface area contributed by atoms with Crippen molar-refractivity contribution in [1.29, 1.82) is 0 Å². The van der Waals surface area contributed by atoms with Crippen molar-refractivity contribution in [3.8, 4) is 0 Å². The Kier molecular flexibility index (Phi) is 2.33. The summed E-state index contributed by atoms with van der Waals surface area (Å²) in [7, 11) is 1.81. The van der Waals surface area contributed by atoms with E-state index in [1.54, 1.807) is 13.5 Å². The van der Waals surface area contributed by atoms with Gasteiger partial charge in [-0.05, 0) is 56.8 Å². The van der Waals surface area contributed by atoms with Crippen LogP contribution >= 0.6 is 0 Å². The van der Waals surface area contributed by atoms with Gasteiger partial charge in [0.05, 0.1) is 6.10 Å². The zero-order valence-electron chi connectivity index (χ0n) is 10.1. The van der Waals surface area contributed by atoms with E-state index in [2.05, 4.69) is 19.2 Å². The van der Waals surface area contributed by atoms with Gasteiger partial charge < -0.3 is 10.1 Å². The number of hydrogen-bond donors (Lipinski definition) is 1. The van der Waals surface area contributed by atoms with E-state index >= 15 is 0 Å². The Labute approximate surface area is 92.8 Å². The molecule has 1 N–H and O–H groups in total. The zero-order chi connectivity index (χ0) is 10.6. The minimum Gasteiger partial charge on any atom is -0.380 e. The molecular weight excluding hydrogens is 186 g/mol. The number of rotatable bonds is 4. The van der Waals surface area contributed by atoms with Gasteiger partial charge in [-0.1, -0.05) is 0 Å². The number of hydrogen-bond acceptors (Lipinski definition) is 2. The zero-order valence-corrected chi connectivity index (χ0v) is 10.1. The fourth-order valence-electron chi connectivity index (χ4n) is 4.19. The van der Waals surface area contributed by atoms with E-state index in [4.69, 9.17) is 4.74 Å². The molecule has 2 heteroatoms. The van der Waals surface area contributed by atoms with Crippen LogP contribution in [-0.2, 0) is 4.74 Å². The number of methoxy groups -OCH3 is 1. The molecule has 0 amide bonds. The van der Waals surface area contributed by atoms with Crippen LogP contribution in [0.4, 0.5) is 0 Å². The molecule has 3 aliphatic rings. The normalized spacial score (nSPS) is 50.2. The molecule has 86 valence electrons. The molecule has 0 aliphatic heterocycles. The first-order valence-corrected chi connectivity index (χ1v) is 6.51. The summed E-state index contributed by atoms with van der Waals surface area (Å²) in [5.74, 6) is 4.22. The molecule has 0 aromatic heterocycles. The molecule has 0 heterocycles. The minimum atomic E-state index is 0.337. The summed E-state index contributed by atoms with van der Waals surface area (Å²) in [6.07, 6.45) is 4.90. The van der Waals surface area contributed by atoms with Crippen molar-refractivity contribution in [3.63, 3.8) is 0 Å². The summed E-state index contributed by atoms with van der Waals surface area (Å²) in [4.78, 5) is 0. The molecule has 6 atom stereocenters. The Morgan fingerprint density at radius 2 is 1.73 bits per heavy atom. The topological polar surface area (TPSA) is 21.3 Å². The maximum absolute atomic E-state index is 5.37. The van der Waals surface area contributed by atoms with Gasteiger partial charge in [-0.25, -0.2) is 0 Å². The highest BCUT2D eigenvalue weighted by Gasteiger charge is 2.64. The van der Waals surface area contributed by atoms with Gasteiger partial charge >= 0.3 is 0 Å². The van der Waals surface area contributed by atoms with Gasteiger partial charge in [0.25, 0.3) is 0 Å². The summed E-state index contributed by atoms with van der Waals surface area (Å²) in [6, 6.07) is 1.34. The van der Waals surface area contributed by atoms with E-state index < -0.39 is 0 Å². The van der Waals surface area contributed by atoms with E-state index in [9.17, 15) is 0 Å². The first kappa shape index (κ1) is 10.1. The molecule has 15 heavy (non-hydrogen) atoms. The van der Waals surface area contributed by atoms with E-state index in [1.807, 2.05) is 0 Å². The van der Waals surface area contributed by atoms with Crippen molar-refractivity contribution in [1.82, 2.24) is 5.32 Å². The number of ether oxygens (including phenoxy) is 1. The van der Waals surface area contributed by atoms with Crippen molar-refractivity contribution in [3.05, 3.63) is 0 Å². The standard InChI is InChI=1S/C13H23NO/c1-7(8(2)15-3)14-13-11-9-4-5-10(6-9)12(11)13/h7-14H,4-6H2,1-3H3. The molecule has 3 saturated carbocycles. The third kappa shape index (κ3) is 1.45. The van der Waals surface area contributed by atoms with Crippen LogP contribution in [0.3, 0.4) is 0 Å². The molecule has 3 fully saturated rings. The Hall–Kier alpha value is -0.0800. The highest BCUT2D eigenvalue weighted by atomic mass is 16.5. The summed E-state index contributed by atoms with van der Waals surface area (Å²) in [5.41, 5.74) is 0. The smallest absolute Gasteiger partial charge is 0.0693 e. The minimum absolute atomic E-state index is 0.337. The lowest BCUT2D eigenvalue weighted by Crippen LogP contribution is -2.40. The molecule has 2 nitrogen and oxygen atoms in total. The molecule has 0 radical (unpaired) electrons. The van der Waals surface area contributed by atoms with Crippen molar-refractivity contribution in [2.75, 3.05) is 7.11 Å². The lowest BCUT2D eigenvalue weighted by Gasteiger charge is -2.21. The SMILES string of the molecule is COC(C)C(C)NC1C2C3CCC(C3)C12. The summed E-state index contributed by atoms with van der Waals surface area (Å²) >= 11 is 0. The van der Waals surface area contributed by atoms with Crippen LogP contribution in [-0.4, -0.2) is 25.3 Å². The van der Waals surface area contributed by atoms with Gasteiger partial charge in [-0.2, -0.15) is 0 Å². The Bertz CT molecular complexity index is 239. The highest BCUT2D eigenvalue weighted by Crippen LogP contribution is 2.65. The molecule has 0 aromatic carbocycles. The molecule has 0 aromatic rings. The monoisotopic (exact) mass is 209 g/mol. The van der Waals surface area contributed by atoms with Gasteiger partial charge in [-0.3, -0.25) is 0 Å². The quantitative estimate of drug-likeness (QED) is 0.765. The van der Waals surface area contributed by atoms with Gasteiger partial charge in [0.2, 0.25) is 0 Å². The Balaban J connectivity index is 1.55. The molecule has 3 aliphatic carbocycles. The third-order valence-electron chi connectivity index (χ3n) is 5.27. The van der Waals surface area contributed by atoms with E-state index in [0.29, 0.717) is 12.1 Å². The van der Waals surface area contributed by atoms with Gasteiger partial charge in [0.15, 0.2) is 0 Å². The fourth-order valence-corrected chi connectivity index (χ4v) is 4.19. The van der Waals surface area contributed by atoms with Crippen LogP contribution in [0.25, 0.3) is 0 Å². The first-order valence-electron chi connectivity index (χ1n) is 6.51. The highest BCUT2D eigenvalue weighted by molar-refractivity contribution is 5.17. The second kappa shape index (κ2) is 3.46. The second-order valence-electron chi connectivity index (χ2n) is 5.91. The van der Waals surface area contributed by atoms with Crippen LogP contribution < -0.4 is 5.32 Å². The van der Waals surface area contributed by atoms with Gasteiger partial charge in [0, 0.05) is 19.2 Å². The maximum atomic E-state index is 5.37. The molecular formula is C13H23NO. The Morgan fingerprint density at radius 3 is 2.27 bits per heavy atom. The summed E-state index contributed by atoms with van der Waals surface area (Å²) in [5, 5.41) is 3.78.